The first-order valence-electron chi connectivity index (χ1n) is 6.70. The lowest BCUT2D eigenvalue weighted by atomic mass is 10.3. The van der Waals surface area contributed by atoms with E-state index in [1.54, 1.807) is 29.7 Å². The summed E-state index contributed by atoms with van der Waals surface area (Å²) in [5, 5.41) is 5.05. The molecule has 2 aromatic heterocycles. The molecule has 0 unspecified atom stereocenters. The van der Waals surface area contributed by atoms with Crippen molar-refractivity contribution < 1.29 is 8.42 Å². The predicted molar refractivity (Wildman–Crippen MR) is 84.6 cm³/mol. The number of rotatable bonds is 7. The van der Waals surface area contributed by atoms with E-state index in [2.05, 4.69) is 10.3 Å². The molecule has 1 N–H and O–H groups in total. The van der Waals surface area contributed by atoms with Gasteiger partial charge in [-0.2, -0.15) is 4.31 Å². The van der Waals surface area contributed by atoms with E-state index in [9.17, 15) is 8.42 Å². The molecular formula is C14H19N3O2S2. The van der Waals surface area contributed by atoms with Gasteiger partial charge in [-0.1, -0.05) is 19.1 Å². The van der Waals surface area contributed by atoms with Crippen LogP contribution in [0.2, 0.25) is 0 Å². The quantitative estimate of drug-likeness (QED) is 0.846. The Morgan fingerprint density at radius 2 is 2.14 bits per heavy atom. The highest BCUT2D eigenvalue weighted by Crippen LogP contribution is 2.19. The first-order valence-corrected chi connectivity index (χ1v) is 9.02. The van der Waals surface area contributed by atoms with Gasteiger partial charge in [-0.15, -0.1) is 11.3 Å². The van der Waals surface area contributed by atoms with Crippen molar-refractivity contribution in [2.45, 2.75) is 25.0 Å². The smallest absolute Gasteiger partial charge is 0.260 e. The average Bonchev–Trinajstić information content (AvgIpc) is 2.98. The van der Waals surface area contributed by atoms with E-state index in [1.807, 2.05) is 31.5 Å². The maximum atomic E-state index is 12.6. The van der Waals surface area contributed by atoms with Gasteiger partial charge in [0.15, 0.2) is 5.03 Å². The van der Waals surface area contributed by atoms with Gasteiger partial charge in [-0.3, -0.25) is 0 Å². The van der Waals surface area contributed by atoms with E-state index < -0.39 is 10.0 Å². The van der Waals surface area contributed by atoms with E-state index in [1.165, 1.54) is 4.31 Å². The maximum Gasteiger partial charge on any atom is 0.260 e. The van der Waals surface area contributed by atoms with Gasteiger partial charge in [0, 0.05) is 30.7 Å². The molecule has 0 amide bonds. The number of sulfonamides is 1. The monoisotopic (exact) mass is 325 g/mol. The van der Waals surface area contributed by atoms with Gasteiger partial charge in [0.1, 0.15) is 0 Å². The first-order chi connectivity index (χ1) is 10.1. The molecular weight excluding hydrogens is 306 g/mol. The standard InChI is InChI=1S/C14H19N3O2S2/c1-3-17(11-13-5-4-8-20-13)21(18,19)14-7-6-12(9-15-2)10-16-14/h4-8,10,15H,3,9,11H2,1-2H3. The summed E-state index contributed by atoms with van der Waals surface area (Å²) in [6.07, 6.45) is 1.60. The second kappa shape index (κ2) is 7.13. The van der Waals surface area contributed by atoms with Crippen molar-refractivity contribution >= 4 is 21.4 Å². The van der Waals surface area contributed by atoms with Crippen LogP contribution in [-0.4, -0.2) is 31.3 Å². The Bertz CT molecular complexity index is 652. The van der Waals surface area contributed by atoms with Gasteiger partial charge in [-0.25, -0.2) is 13.4 Å². The average molecular weight is 325 g/mol. The normalized spacial score (nSPS) is 12.0. The third kappa shape index (κ3) is 3.88. The second-order valence-corrected chi connectivity index (χ2v) is 7.46. The highest BCUT2D eigenvalue weighted by molar-refractivity contribution is 7.89. The summed E-state index contributed by atoms with van der Waals surface area (Å²) < 4.78 is 26.7. The van der Waals surface area contributed by atoms with Crippen molar-refractivity contribution in [2.75, 3.05) is 13.6 Å². The third-order valence-corrected chi connectivity index (χ3v) is 5.75. The number of nitrogens with one attached hydrogen (secondary N) is 1. The van der Waals surface area contributed by atoms with Crippen LogP contribution in [0.4, 0.5) is 0 Å². The van der Waals surface area contributed by atoms with Crippen LogP contribution in [0.25, 0.3) is 0 Å². The summed E-state index contributed by atoms with van der Waals surface area (Å²) >= 11 is 1.55. The van der Waals surface area contributed by atoms with Gasteiger partial charge in [-0.05, 0) is 30.1 Å². The molecule has 5 nitrogen and oxygen atoms in total. The van der Waals surface area contributed by atoms with Crippen LogP contribution >= 0.6 is 11.3 Å². The number of hydrogen-bond donors (Lipinski definition) is 1. The van der Waals surface area contributed by atoms with Gasteiger partial charge in [0.25, 0.3) is 10.0 Å². The van der Waals surface area contributed by atoms with Gasteiger partial charge in [0.2, 0.25) is 0 Å². The van der Waals surface area contributed by atoms with Crippen LogP contribution in [0.3, 0.4) is 0 Å². The number of aromatic nitrogens is 1. The summed E-state index contributed by atoms with van der Waals surface area (Å²) in [6, 6.07) is 7.21. The molecule has 0 aromatic carbocycles. The lowest BCUT2D eigenvalue weighted by Gasteiger charge is -2.19. The largest absolute Gasteiger partial charge is 0.316 e. The van der Waals surface area contributed by atoms with Crippen molar-refractivity contribution in [3.05, 3.63) is 46.3 Å². The predicted octanol–water partition coefficient (Wildman–Crippen LogP) is 2.07. The second-order valence-electron chi connectivity index (χ2n) is 4.55. The van der Waals surface area contributed by atoms with Crippen LogP contribution < -0.4 is 5.32 Å². The topological polar surface area (TPSA) is 62.3 Å². The van der Waals surface area contributed by atoms with Gasteiger partial charge < -0.3 is 5.32 Å². The Balaban J connectivity index is 2.22. The van der Waals surface area contributed by atoms with Crippen LogP contribution in [-0.2, 0) is 23.1 Å². The Hall–Kier alpha value is -1.28. The molecule has 2 rings (SSSR count). The van der Waals surface area contributed by atoms with E-state index in [0.717, 1.165) is 10.4 Å². The van der Waals surface area contributed by atoms with Gasteiger partial charge in [0.05, 0.1) is 0 Å². The SMILES string of the molecule is CCN(Cc1cccs1)S(=O)(=O)c1ccc(CNC)cn1. The number of nitrogens with zero attached hydrogens (tertiary/aromatic N) is 2. The van der Waals surface area contributed by atoms with Crippen molar-refractivity contribution in [1.29, 1.82) is 0 Å². The summed E-state index contributed by atoms with van der Waals surface area (Å²) in [6.45, 7) is 3.30. The Morgan fingerprint density at radius 3 is 2.67 bits per heavy atom. The molecule has 7 heteroatoms. The van der Waals surface area contributed by atoms with Crippen LogP contribution in [0.1, 0.15) is 17.4 Å². The molecule has 0 saturated heterocycles. The van der Waals surface area contributed by atoms with Crippen molar-refractivity contribution in [3.63, 3.8) is 0 Å². The first kappa shape index (κ1) is 16.1. The lowest BCUT2D eigenvalue weighted by molar-refractivity contribution is 0.424. The molecule has 0 saturated carbocycles. The Morgan fingerprint density at radius 1 is 1.33 bits per heavy atom. The molecule has 2 heterocycles. The molecule has 0 spiro atoms. The number of thiophene rings is 1. The highest BCUT2D eigenvalue weighted by atomic mass is 32.2. The minimum absolute atomic E-state index is 0.0979. The van der Waals surface area contributed by atoms with Crippen molar-refractivity contribution in [1.82, 2.24) is 14.6 Å². The maximum absolute atomic E-state index is 12.6. The fraction of sp³-hybridized carbons (Fsp3) is 0.357. The van der Waals surface area contributed by atoms with Gasteiger partial charge >= 0.3 is 0 Å². The van der Waals surface area contributed by atoms with Crippen LogP contribution in [0, 0.1) is 0 Å². The van der Waals surface area contributed by atoms with Crippen molar-refractivity contribution in [3.8, 4) is 0 Å². The molecule has 0 atom stereocenters. The molecule has 0 aliphatic heterocycles. The molecule has 114 valence electrons. The number of pyridine rings is 1. The molecule has 21 heavy (non-hydrogen) atoms. The minimum Gasteiger partial charge on any atom is -0.316 e. The molecule has 0 aliphatic rings. The molecule has 0 radical (unpaired) electrons. The summed E-state index contributed by atoms with van der Waals surface area (Å²) in [4.78, 5) is 5.12. The van der Waals surface area contributed by atoms with Crippen LogP contribution in [0.5, 0.6) is 0 Å². The third-order valence-electron chi connectivity index (χ3n) is 3.05. The molecule has 0 bridgehead atoms. The summed E-state index contributed by atoms with van der Waals surface area (Å²) in [7, 11) is -1.71. The fourth-order valence-corrected chi connectivity index (χ4v) is 4.09. The Kier molecular flexibility index (Phi) is 5.46. The Labute approximate surface area is 129 Å². The van der Waals surface area contributed by atoms with E-state index in [0.29, 0.717) is 19.6 Å². The van der Waals surface area contributed by atoms with Crippen LogP contribution in [0.15, 0.2) is 40.9 Å². The summed E-state index contributed by atoms with van der Waals surface area (Å²) in [5.41, 5.74) is 0.956. The summed E-state index contributed by atoms with van der Waals surface area (Å²) in [5.74, 6) is 0. The van der Waals surface area contributed by atoms with E-state index >= 15 is 0 Å². The lowest BCUT2D eigenvalue weighted by Crippen LogP contribution is -2.30. The zero-order chi connectivity index (χ0) is 15.3. The zero-order valence-corrected chi connectivity index (χ0v) is 13.7. The highest BCUT2D eigenvalue weighted by Gasteiger charge is 2.24. The zero-order valence-electron chi connectivity index (χ0n) is 12.1. The van der Waals surface area contributed by atoms with E-state index in [4.69, 9.17) is 0 Å². The van der Waals surface area contributed by atoms with E-state index in [-0.39, 0.29) is 5.03 Å². The molecule has 0 aliphatic carbocycles. The van der Waals surface area contributed by atoms with Crippen molar-refractivity contribution in [2.24, 2.45) is 0 Å². The minimum atomic E-state index is -3.55. The fourth-order valence-electron chi connectivity index (χ4n) is 1.95. The molecule has 0 fully saturated rings. The number of hydrogen-bond acceptors (Lipinski definition) is 5. The molecule has 2 aromatic rings.